The third kappa shape index (κ3) is 2.68. The molecule has 3 rings (SSSR count). The molecule has 1 heterocycles. The number of aromatic hydroxyl groups is 1. The average molecular weight is 308 g/mol. The number of hydrogen-bond acceptors (Lipinski definition) is 4. The molecular formula is C18H16N2O3. The lowest BCUT2D eigenvalue weighted by Crippen LogP contribution is -2.31. The molecule has 5 heteroatoms. The molecule has 2 aromatic rings. The van der Waals surface area contributed by atoms with Crippen molar-refractivity contribution in [1.82, 2.24) is 0 Å². The lowest BCUT2D eigenvalue weighted by molar-refractivity contribution is -0.120. The molecule has 0 fully saturated rings. The summed E-state index contributed by atoms with van der Waals surface area (Å²) in [6.07, 6.45) is 1.28. The number of aryl methyl sites for hydroxylation is 2. The smallest absolute Gasteiger partial charge is 0.281 e. The van der Waals surface area contributed by atoms with Crippen LogP contribution in [0.1, 0.15) is 11.1 Å². The number of benzene rings is 2. The van der Waals surface area contributed by atoms with E-state index < -0.39 is 5.91 Å². The van der Waals surface area contributed by atoms with Crippen LogP contribution in [0, 0.1) is 13.8 Å². The van der Waals surface area contributed by atoms with Crippen LogP contribution < -0.4 is 10.2 Å². The third-order valence-corrected chi connectivity index (χ3v) is 3.71. The lowest BCUT2D eigenvalue weighted by atomic mass is 10.1. The lowest BCUT2D eigenvalue weighted by Gasteiger charge is -2.15. The summed E-state index contributed by atoms with van der Waals surface area (Å²) >= 11 is 0. The summed E-state index contributed by atoms with van der Waals surface area (Å²) < 4.78 is 0. The van der Waals surface area contributed by atoms with Gasteiger partial charge in [-0.25, -0.2) is 4.90 Å². The predicted octanol–water partition coefficient (Wildman–Crippen LogP) is 2.88. The molecule has 0 aliphatic carbocycles. The minimum atomic E-state index is -0.399. The zero-order valence-electron chi connectivity index (χ0n) is 12.8. The standard InChI is InChI=1S/C18H16N2O3/c1-11-8-13(9-12(2)17(11)22)19-15-10-16(21)20(18(15)23)14-6-4-3-5-7-14/h3-10,19,22H,1-2H3. The van der Waals surface area contributed by atoms with Gasteiger partial charge in [-0.1, -0.05) is 18.2 Å². The molecule has 0 saturated carbocycles. The molecule has 0 unspecified atom stereocenters. The Labute approximate surface area is 133 Å². The van der Waals surface area contributed by atoms with E-state index >= 15 is 0 Å². The first kappa shape index (κ1) is 14.8. The summed E-state index contributed by atoms with van der Waals surface area (Å²) in [4.78, 5) is 25.7. The number of rotatable bonds is 3. The van der Waals surface area contributed by atoms with E-state index in [4.69, 9.17) is 0 Å². The zero-order chi connectivity index (χ0) is 16.6. The fourth-order valence-corrected chi connectivity index (χ4v) is 2.56. The number of para-hydroxylation sites is 1. The first-order chi connectivity index (χ1) is 11.0. The highest BCUT2D eigenvalue weighted by atomic mass is 16.3. The van der Waals surface area contributed by atoms with E-state index in [-0.39, 0.29) is 17.4 Å². The molecule has 2 amide bonds. The van der Waals surface area contributed by atoms with Gasteiger partial charge in [0.15, 0.2) is 0 Å². The number of anilines is 2. The highest BCUT2D eigenvalue weighted by Gasteiger charge is 2.32. The fraction of sp³-hybridized carbons (Fsp3) is 0.111. The summed E-state index contributed by atoms with van der Waals surface area (Å²) in [5, 5.41) is 12.8. The SMILES string of the molecule is Cc1cc(NC2=CC(=O)N(c3ccccc3)C2=O)cc(C)c1O. The molecule has 0 radical (unpaired) electrons. The zero-order valence-corrected chi connectivity index (χ0v) is 12.8. The van der Waals surface area contributed by atoms with Crippen molar-refractivity contribution in [3.05, 3.63) is 65.4 Å². The Hall–Kier alpha value is -3.08. The monoisotopic (exact) mass is 308 g/mol. The Balaban J connectivity index is 1.87. The highest BCUT2D eigenvalue weighted by Crippen LogP contribution is 2.28. The molecule has 116 valence electrons. The Morgan fingerprint density at radius 2 is 1.61 bits per heavy atom. The maximum absolute atomic E-state index is 12.5. The number of hydrogen-bond donors (Lipinski definition) is 2. The number of nitrogens with zero attached hydrogens (tertiary/aromatic N) is 1. The van der Waals surface area contributed by atoms with E-state index in [1.165, 1.54) is 6.08 Å². The number of carbonyl (C=O) groups is 2. The predicted molar refractivity (Wildman–Crippen MR) is 88.2 cm³/mol. The van der Waals surface area contributed by atoms with E-state index in [0.717, 1.165) is 4.90 Å². The topological polar surface area (TPSA) is 69.6 Å². The van der Waals surface area contributed by atoms with Crippen LogP contribution in [0.5, 0.6) is 5.75 Å². The maximum atomic E-state index is 12.5. The Morgan fingerprint density at radius 3 is 2.22 bits per heavy atom. The molecule has 0 atom stereocenters. The van der Waals surface area contributed by atoms with Gasteiger partial charge in [0.2, 0.25) is 0 Å². The second-order valence-corrected chi connectivity index (χ2v) is 5.46. The van der Waals surface area contributed by atoms with Crippen LogP contribution in [-0.2, 0) is 9.59 Å². The van der Waals surface area contributed by atoms with Crippen molar-refractivity contribution < 1.29 is 14.7 Å². The summed E-state index contributed by atoms with van der Waals surface area (Å²) in [7, 11) is 0. The number of carbonyl (C=O) groups excluding carboxylic acids is 2. The summed E-state index contributed by atoms with van der Waals surface area (Å²) in [5.74, 6) is -0.551. The van der Waals surface area contributed by atoms with E-state index in [1.54, 1.807) is 50.2 Å². The number of imide groups is 1. The van der Waals surface area contributed by atoms with Crippen molar-refractivity contribution in [3.8, 4) is 5.75 Å². The van der Waals surface area contributed by atoms with Gasteiger partial charge < -0.3 is 10.4 Å². The largest absolute Gasteiger partial charge is 0.507 e. The van der Waals surface area contributed by atoms with Crippen molar-refractivity contribution in [2.24, 2.45) is 0 Å². The molecule has 1 aliphatic heterocycles. The van der Waals surface area contributed by atoms with E-state index in [9.17, 15) is 14.7 Å². The van der Waals surface area contributed by atoms with Gasteiger partial charge in [-0.3, -0.25) is 9.59 Å². The number of phenolic OH excluding ortho intramolecular Hbond substituents is 1. The van der Waals surface area contributed by atoms with E-state index in [1.807, 2.05) is 6.07 Å². The maximum Gasteiger partial charge on any atom is 0.281 e. The van der Waals surface area contributed by atoms with Crippen LogP contribution in [-0.4, -0.2) is 16.9 Å². The molecule has 2 aromatic carbocycles. The molecule has 5 nitrogen and oxygen atoms in total. The van der Waals surface area contributed by atoms with Gasteiger partial charge in [-0.15, -0.1) is 0 Å². The van der Waals surface area contributed by atoms with E-state index in [0.29, 0.717) is 22.5 Å². The molecule has 2 N–H and O–H groups in total. The number of amides is 2. The van der Waals surface area contributed by atoms with Gasteiger partial charge in [0.25, 0.3) is 11.8 Å². The molecule has 0 aromatic heterocycles. The minimum Gasteiger partial charge on any atom is -0.507 e. The van der Waals surface area contributed by atoms with Gasteiger partial charge in [0.05, 0.1) is 5.69 Å². The first-order valence-corrected chi connectivity index (χ1v) is 7.20. The van der Waals surface area contributed by atoms with Crippen LogP contribution in [0.15, 0.2) is 54.2 Å². The van der Waals surface area contributed by atoms with Gasteiger partial charge in [0.1, 0.15) is 11.4 Å². The third-order valence-electron chi connectivity index (χ3n) is 3.71. The van der Waals surface area contributed by atoms with Crippen molar-refractivity contribution in [3.63, 3.8) is 0 Å². The van der Waals surface area contributed by atoms with Crippen LogP contribution in [0.25, 0.3) is 0 Å². The summed E-state index contributed by atoms with van der Waals surface area (Å²) in [6, 6.07) is 12.2. The van der Waals surface area contributed by atoms with Crippen LogP contribution in [0.2, 0.25) is 0 Å². The normalized spacial score (nSPS) is 14.2. The summed E-state index contributed by atoms with van der Waals surface area (Å²) in [5.41, 5.74) is 2.80. The Bertz CT molecular complexity index is 802. The molecular weight excluding hydrogens is 292 g/mol. The van der Waals surface area contributed by atoms with Crippen LogP contribution >= 0.6 is 0 Å². The van der Waals surface area contributed by atoms with Crippen molar-refractivity contribution >= 4 is 23.2 Å². The van der Waals surface area contributed by atoms with E-state index in [2.05, 4.69) is 5.32 Å². The van der Waals surface area contributed by atoms with Gasteiger partial charge >= 0.3 is 0 Å². The van der Waals surface area contributed by atoms with Crippen LogP contribution in [0.3, 0.4) is 0 Å². The molecule has 0 saturated heterocycles. The highest BCUT2D eigenvalue weighted by molar-refractivity contribution is 6.31. The number of phenols is 1. The fourth-order valence-electron chi connectivity index (χ4n) is 2.56. The molecule has 0 spiro atoms. The van der Waals surface area contributed by atoms with Gasteiger partial charge in [-0.05, 0) is 49.2 Å². The molecule has 0 bridgehead atoms. The van der Waals surface area contributed by atoms with Gasteiger partial charge in [-0.2, -0.15) is 0 Å². The van der Waals surface area contributed by atoms with Crippen molar-refractivity contribution in [1.29, 1.82) is 0 Å². The second kappa shape index (κ2) is 5.61. The van der Waals surface area contributed by atoms with Crippen LogP contribution in [0.4, 0.5) is 11.4 Å². The Kier molecular flexibility index (Phi) is 3.62. The average Bonchev–Trinajstić information content (AvgIpc) is 2.80. The Morgan fingerprint density at radius 1 is 1.00 bits per heavy atom. The van der Waals surface area contributed by atoms with Crippen molar-refractivity contribution in [2.45, 2.75) is 13.8 Å². The minimum absolute atomic E-state index is 0.211. The second-order valence-electron chi connectivity index (χ2n) is 5.46. The molecule has 1 aliphatic rings. The first-order valence-electron chi connectivity index (χ1n) is 7.20. The molecule has 23 heavy (non-hydrogen) atoms. The van der Waals surface area contributed by atoms with Gasteiger partial charge in [0, 0.05) is 11.8 Å². The summed E-state index contributed by atoms with van der Waals surface area (Å²) in [6.45, 7) is 3.56. The number of nitrogens with one attached hydrogen (secondary N) is 1. The quantitative estimate of drug-likeness (QED) is 0.676. The van der Waals surface area contributed by atoms with Crippen molar-refractivity contribution in [2.75, 3.05) is 10.2 Å².